The highest BCUT2D eigenvalue weighted by atomic mass is 16.5. The largest absolute Gasteiger partial charge is 0.383 e. The second-order valence-electron chi connectivity index (χ2n) is 4.12. The summed E-state index contributed by atoms with van der Waals surface area (Å²) in [6.45, 7) is 3.85. The van der Waals surface area contributed by atoms with Crippen LogP contribution in [-0.2, 0) is 16.0 Å². The first-order valence-electron chi connectivity index (χ1n) is 5.85. The van der Waals surface area contributed by atoms with Gasteiger partial charge in [0.2, 0.25) is 0 Å². The van der Waals surface area contributed by atoms with E-state index in [0.29, 0.717) is 19.1 Å². The lowest BCUT2D eigenvalue weighted by atomic mass is 10.1. The van der Waals surface area contributed by atoms with Crippen LogP contribution in [0.3, 0.4) is 0 Å². The van der Waals surface area contributed by atoms with Crippen molar-refractivity contribution in [2.24, 2.45) is 10.9 Å². The third kappa shape index (κ3) is 3.90. The van der Waals surface area contributed by atoms with Crippen LogP contribution in [0.1, 0.15) is 12.1 Å². The van der Waals surface area contributed by atoms with Crippen LogP contribution in [0, 0.1) is 5.92 Å². The second-order valence-corrected chi connectivity index (χ2v) is 4.12. The van der Waals surface area contributed by atoms with Crippen molar-refractivity contribution < 1.29 is 9.47 Å². The zero-order valence-corrected chi connectivity index (χ0v) is 10.1. The van der Waals surface area contributed by atoms with Gasteiger partial charge in [-0.15, -0.1) is 5.10 Å². The molecule has 0 spiro atoms. The zero-order chi connectivity index (χ0) is 11.9. The van der Waals surface area contributed by atoms with Crippen LogP contribution in [0.15, 0.2) is 11.2 Å². The fraction of sp³-hybridized carbons (Fsp3) is 0.727. The van der Waals surface area contributed by atoms with Crippen LogP contribution < -0.4 is 0 Å². The van der Waals surface area contributed by atoms with Gasteiger partial charge in [0.25, 0.3) is 0 Å². The van der Waals surface area contributed by atoms with Gasteiger partial charge in [0, 0.05) is 26.2 Å². The lowest BCUT2D eigenvalue weighted by molar-refractivity contribution is 0.181. The molecular weight excluding hydrogens is 220 g/mol. The molecule has 0 aromatic carbocycles. The second kappa shape index (κ2) is 6.46. The summed E-state index contributed by atoms with van der Waals surface area (Å²) in [6.07, 6.45) is 4.75. The summed E-state index contributed by atoms with van der Waals surface area (Å²) >= 11 is 0. The minimum absolute atomic E-state index is 0.565. The molecule has 1 aliphatic rings. The number of ether oxygens (including phenoxy) is 2. The number of hydrogen-bond acceptors (Lipinski definition) is 5. The van der Waals surface area contributed by atoms with Crippen molar-refractivity contribution in [3.63, 3.8) is 0 Å². The highest BCUT2D eigenvalue weighted by molar-refractivity contribution is 5.76. The quantitative estimate of drug-likeness (QED) is 0.531. The Kier molecular flexibility index (Phi) is 4.63. The Morgan fingerprint density at radius 1 is 1.71 bits per heavy atom. The fourth-order valence-corrected chi connectivity index (χ4v) is 1.76. The van der Waals surface area contributed by atoms with Gasteiger partial charge in [-0.1, -0.05) is 5.21 Å². The Hall–Kier alpha value is -1.27. The van der Waals surface area contributed by atoms with Gasteiger partial charge < -0.3 is 9.47 Å². The van der Waals surface area contributed by atoms with Crippen molar-refractivity contribution in [1.29, 1.82) is 0 Å². The highest BCUT2D eigenvalue weighted by Gasteiger charge is 2.16. The van der Waals surface area contributed by atoms with Crippen molar-refractivity contribution in [3.8, 4) is 0 Å². The zero-order valence-electron chi connectivity index (χ0n) is 10.1. The summed E-state index contributed by atoms with van der Waals surface area (Å²) in [5.74, 6) is 0.565. The average molecular weight is 238 g/mol. The number of aliphatic imine (C=N–C) groups is 1. The topological polar surface area (TPSA) is 61.5 Å². The molecule has 0 bridgehead atoms. The molecule has 0 radical (unpaired) electrons. The van der Waals surface area contributed by atoms with E-state index in [1.807, 2.05) is 10.9 Å². The van der Waals surface area contributed by atoms with Crippen LogP contribution in [0.25, 0.3) is 0 Å². The smallest absolute Gasteiger partial charge is 0.123 e. The Balaban J connectivity index is 1.80. The molecule has 6 heteroatoms. The van der Waals surface area contributed by atoms with E-state index in [1.165, 1.54) is 0 Å². The molecule has 2 heterocycles. The highest BCUT2D eigenvalue weighted by Crippen LogP contribution is 2.13. The SMILES string of the molecule is COCCN=Cc1cn(CC2CCOC2)nn1. The molecule has 17 heavy (non-hydrogen) atoms. The van der Waals surface area contributed by atoms with Crippen molar-refractivity contribution in [3.05, 3.63) is 11.9 Å². The maximum Gasteiger partial charge on any atom is 0.123 e. The number of methoxy groups -OCH3 is 1. The number of rotatable bonds is 6. The van der Waals surface area contributed by atoms with Gasteiger partial charge >= 0.3 is 0 Å². The predicted molar refractivity (Wildman–Crippen MR) is 63.3 cm³/mol. The van der Waals surface area contributed by atoms with Crippen molar-refractivity contribution in [1.82, 2.24) is 15.0 Å². The van der Waals surface area contributed by atoms with E-state index >= 15 is 0 Å². The van der Waals surface area contributed by atoms with E-state index in [-0.39, 0.29) is 0 Å². The lowest BCUT2D eigenvalue weighted by Gasteiger charge is -2.05. The van der Waals surface area contributed by atoms with E-state index < -0.39 is 0 Å². The van der Waals surface area contributed by atoms with E-state index in [9.17, 15) is 0 Å². The molecule has 0 aliphatic carbocycles. The summed E-state index contributed by atoms with van der Waals surface area (Å²) in [7, 11) is 1.66. The van der Waals surface area contributed by atoms with Gasteiger partial charge in [0.1, 0.15) is 5.69 Å². The molecule has 1 aromatic heterocycles. The predicted octanol–water partition coefficient (Wildman–Crippen LogP) is 0.380. The standard InChI is InChI=1S/C11H18N4O2/c1-16-5-3-12-6-11-8-15(14-13-11)7-10-2-4-17-9-10/h6,8,10H,2-5,7,9H2,1H3. The molecule has 0 saturated carbocycles. The van der Waals surface area contributed by atoms with Gasteiger partial charge in [-0.05, 0) is 6.42 Å². The fourth-order valence-electron chi connectivity index (χ4n) is 1.76. The Labute approximate surface area is 101 Å². The monoisotopic (exact) mass is 238 g/mol. The number of aromatic nitrogens is 3. The first kappa shape index (κ1) is 12.2. The lowest BCUT2D eigenvalue weighted by Crippen LogP contribution is -2.11. The van der Waals surface area contributed by atoms with Crippen molar-refractivity contribution in [2.45, 2.75) is 13.0 Å². The molecule has 0 N–H and O–H groups in total. The minimum atomic E-state index is 0.565. The Bertz CT molecular complexity index is 358. The Morgan fingerprint density at radius 3 is 3.41 bits per heavy atom. The van der Waals surface area contributed by atoms with Gasteiger partial charge in [-0.3, -0.25) is 9.67 Å². The van der Waals surface area contributed by atoms with E-state index in [0.717, 1.165) is 31.9 Å². The molecule has 1 saturated heterocycles. The molecular formula is C11H18N4O2. The van der Waals surface area contributed by atoms with Crippen LogP contribution in [0.5, 0.6) is 0 Å². The van der Waals surface area contributed by atoms with Gasteiger partial charge in [-0.25, -0.2) is 0 Å². The molecule has 2 rings (SSSR count). The van der Waals surface area contributed by atoms with Crippen LogP contribution in [0.4, 0.5) is 0 Å². The third-order valence-corrected chi connectivity index (χ3v) is 2.67. The number of nitrogens with zero attached hydrogens (tertiary/aromatic N) is 4. The molecule has 1 unspecified atom stereocenters. The third-order valence-electron chi connectivity index (χ3n) is 2.67. The first-order chi connectivity index (χ1) is 8.38. The molecule has 94 valence electrons. The maximum absolute atomic E-state index is 5.33. The summed E-state index contributed by atoms with van der Waals surface area (Å²) in [6, 6.07) is 0. The summed E-state index contributed by atoms with van der Waals surface area (Å²) in [5, 5.41) is 8.11. The van der Waals surface area contributed by atoms with Gasteiger partial charge in [0.15, 0.2) is 0 Å². The molecule has 1 aromatic rings. The van der Waals surface area contributed by atoms with Gasteiger partial charge in [0.05, 0.1) is 32.2 Å². The van der Waals surface area contributed by atoms with Crippen LogP contribution in [-0.4, -0.2) is 54.7 Å². The molecule has 1 atom stereocenters. The molecule has 1 fully saturated rings. The van der Waals surface area contributed by atoms with E-state index in [4.69, 9.17) is 9.47 Å². The molecule has 0 amide bonds. The number of hydrogen-bond donors (Lipinski definition) is 0. The van der Waals surface area contributed by atoms with Crippen LogP contribution in [0.2, 0.25) is 0 Å². The summed E-state index contributed by atoms with van der Waals surface area (Å²) in [5.41, 5.74) is 0.792. The van der Waals surface area contributed by atoms with Gasteiger partial charge in [-0.2, -0.15) is 0 Å². The van der Waals surface area contributed by atoms with Crippen molar-refractivity contribution >= 4 is 6.21 Å². The summed E-state index contributed by atoms with van der Waals surface area (Å²) in [4.78, 5) is 4.19. The first-order valence-corrected chi connectivity index (χ1v) is 5.85. The maximum atomic E-state index is 5.33. The molecule has 6 nitrogen and oxygen atoms in total. The minimum Gasteiger partial charge on any atom is -0.383 e. The average Bonchev–Trinajstić information content (AvgIpc) is 2.97. The van der Waals surface area contributed by atoms with Crippen molar-refractivity contribution in [2.75, 3.05) is 33.5 Å². The Morgan fingerprint density at radius 2 is 2.65 bits per heavy atom. The normalized spacial score (nSPS) is 20.4. The van der Waals surface area contributed by atoms with E-state index in [1.54, 1.807) is 13.3 Å². The summed E-state index contributed by atoms with van der Waals surface area (Å²) < 4.78 is 12.1. The van der Waals surface area contributed by atoms with Crippen LogP contribution >= 0.6 is 0 Å². The molecule has 1 aliphatic heterocycles. The van der Waals surface area contributed by atoms with E-state index in [2.05, 4.69) is 15.3 Å².